The number of aromatic amines is 1. The van der Waals surface area contributed by atoms with E-state index in [1.807, 2.05) is 60.4 Å². The first-order valence-corrected chi connectivity index (χ1v) is 29.6. The monoisotopic (exact) mass is 1260 g/mol. The van der Waals surface area contributed by atoms with Crippen molar-refractivity contribution in [3.63, 3.8) is 0 Å². The molecule has 0 spiro atoms. The van der Waals surface area contributed by atoms with Crippen molar-refractivity contribution in [2.24, 2.45) is 5.92 Å². The van der Waals surface area contributed by atoms with E-state index in [9.17, 15) is 46.6 Å². The number of nitrogens with one attached hydrogen (secondary N) is 2. The number of hydrogen-bond donors (Lipinski definition) is 4. The number of carboxylic acids is 2. The molecule has 4 aromatic carbocycles. The Bertz CT molecular complexity index is 4610. The van der Waals surface area contributed by atoms with Crippen LogP contribution in [0, 0.1) is 29.2 Å². The minimum atomic E-state index is -1.01. The van der Waals surface area contributed by atoms with Crippen molar-refractivity contribution in [3.8, 4) is 0 Å². The number of aromatic nitrogens is 8. The highest BCUT2D eigenvalue weighted by atomic mass is 19.1. The van der Waals surface area contributed by atoms with Gasteiger partial charge in [0.15, 0.2) is 0 Å². The number of halogens is 4. The predicted octanol–water partition coefficient (Wildman–Crippen LogP) is 13.8. The van der Waals surface area contributed by atoms with Crippen molar-refractivity contribution in [3.05, 3.63) is 263 Å². The Morgan fingerprint density at radius 2 is 0.892 bits per heavy atom. The summed E-state index contributed by atoms with van der Waals surface area (Å²) >= 11 is 0. The molecule has 12 aromatic rings. The summed E-state index contributed by atoms with van der Waals surface area (Å²) in [6.07, 6.45) is 15.8. The smallest absolute Gasteiger partial charge is 0.342 e. The number of fused-ring (bicyclic) bond motifs is 4. The molecule has 8 aromatic heterocycles. The number of hydrogen-bond acceptors (Lipinski definition) is 11. The van der Waals surface area contributed by atoms with Crippen molar-refractivity contribution in [2.75, 3.05) is 0 Å². The molecule has 18 nitrogen and oxygen atoms in total. The zero-order chi connectivity index (χ0) is 65.8. The second kappa shape index (κ2) is 29.1. The number of aromatic carboxylic acids is 2. The molecule has 1 saturated carbocycles. The number of carbonyl (C=O) groups excluding carboxylic acids is 3. The molecule has 93 heavy (non-hydrogen) atoms. The van der Waals surface area contributed by atoms with Gasteiger partial charge in [-0.05, 0) is 166 Å². The molecule has 474 valence electrons. The summed E-state index contributed by atoms with van der Waals surface area (Å²) in [5, 5.41) is 21.0. The third-order valence-electron chi connectivity index (χ3n) is 15.2. The van der Waals surface area contributed by atoms with Crippen LogP contribution < -0.4 is 5.32 Å². The number of rotatable bonds is 14. The van der Waals surface area contributed by atoms with E-state index in [1.165, 1.54) is 54.7 Å². The van der Waals surface area contributed by atoms with E-state index >= 15 is 0 Å². The van der Waals surface area contributed by atoms with Crippen molar-refractivity contribution >= 4 is 73.9 Å². The average molecular weight is 1260 g/mol. The number of benzene rings is 4. The van der Waals surface area contributed by atoms with Gasteiger partial charge in [0.25, 0.3) is 5.91 Å². The molecule has 1 fully saturated rings. The van der Waals surface area contributed by atoms with Crippen LogP contribution >= 0.6 is 0 Å². The van der Waals surface area contributed by atoms with Gasteiger partial charge in [0, 0.05) is 75.3 Å². The van der Waals surface area contributed by atoms with Crippen LogP contribution in [0.5, 0.6) is 0 Å². The minimum Gasteiger partial charge on any atom is -0.478 e. The summed E-state index contributed by atoms with van der Waals surface area (Å²) in [5.41, 5.74) is 9.43. The number of pyridine rings is 4. The van der Waals surface area contributed by atoms with E-state index in [-0.39, 0.29) is 64.8 Å². The van der Waals surface area contributed by atoms with Crippen LogP contribution in [-0.4, -0.2) is 90.3 Å². The molecule has 22 heteroatoms. The summed E-state index contributed by atoms with van der Waals surface area (Å²) in [6, 6.07) is 39.0. The molecule has 0 saturated heterocycles. The van der Waals surface area contributed by atoms with Crippen molar-refractivity contribution < 1.29 is 61.2 Å². The van der Waals surface area contributed by atoms with Crippen LogP contribution in [0.15, 0.2) is 195 Å². The summed E-state index contributed by atoms with van der Waals surface area (Å²) < 4.78 is 68.8. The lowest BCUT2D eigenvalue weighted by molar-refractivity contribution is -0.161. The Labute approximate surface area is 530 Å². The van der Waals surface area contributed by atoms with Crippen LogP contribution in [-0.2, 0) is 40.5 Å². The predicted molar refractivity (Wildman–Crippen MR) is 340 cm³/mol. The lowest BCUT2D eigenvalue weighted by Crippen LogP contribution is -2.39. The number of ether oxygens (including phenoxy) is 2. The number of carboxylic acid groups (broad SMARTS) is 2. The molecule has 1 aliphatic rings. The Hall–Kier alpha value is -11.3. The molecular weight excluding hydrogens is 1200 g/mol. The Morgan fingerprint density at radius 3 is 1.33 bits per heavy atom. The third-order valence-corrected chi connectivity index (χ3v) is 15.2. The fraction of sp³-hybridized carbons (Fsp3) is 0.197. The highest BCUT2D eigenvalue weighted by Gasteiger charge is 2.31. The molecule has 0 aliphatic heterocycles. The van der Waals surface area contributed by atoms with Crippen LogP contribution in [0.25, 0.3) is 44.1 Å². The molecule has 13 rings (SSSR count). The normalized spacial score (nSPS) is 13.6. The van der Waals surface area contributed by atoms with Gasteiger partial charge in [-0.25, -0.2) is 31.9 Å². The SMILES string of the molecule is CC(C)(C)OC(=O)C1CCC(NC(=O)c2cn(Cc3ccc(F)cc3)c3cccnc23)CC1.O=C(O)c1c[nH]c2cccnc12.O=C(O)c1cn(Cc2ccc(F)cc2)c2cccnc12.O=C(OCc1ccc(F)cc1)c1cn(Cc2ccc(F)cc2)c2cccnc12. The van der Waals surface area contributed by atoms with Crippen molar-refractivity contribution in [1.29, 1.82) is 0 Å². The average Bonchev–Trinajstić information content (AvgIpc) is 1.68. The molecular formula is C71H63F4N9O9. The van der Waals surface area contributed by atoms with Gasteiger partial charge >= 0.3 is 23.9 Å². The molecule has 0 atom stereocenters. The second-order valence-electron chi connectivity index (χ2n) is 23.0. The quantitative estimate of drug-likeness (QED) is 0.0586. The van der Waals surface area contributed by atoms with Crippen LogP contribution in [0.1, 0.15) is 110 Å². The van der Waals surface area contributed by atoms with E-state index in [4.69, 9.17) is 14.6 Å². The van der Waals surface area contributed by atoms with E-state index in [0.717, 1.165) is 51.6 Å². The van der Waals surface area contributed by atoms with E-state index in [1.54, 1.807) is 115 Å². The number of esters is 2. The fourth-order valence-corrected chi connectivity index (χ4v) is 10.6. The van der Waals surface area contributed by atoms with Gasteiger partial charge in [0.2, 0.25) is 0 Å². The zero-order valence-corrected chi connectivity index (χ0v) is 50.7. The first-order valence-electron chi connectivity index (χ1n) is 29.6. The lowest BCUT2D eigenvalue weighted by Gasteiger charge is -2.30. The van der Waals surface area contributed by atoms with Crippen molar-refractivity contribution in [2.45, 2.75) is 84.3 Å². The molecule has 1 amide bonds. The minimum absolute atomic E-state index is 0.00963. The highest BCUT2D eigenvalue weighted by molar-refractivity contribution is 6.06. The Kier molecular flexibility index (Phi) is 20.3. The number of nitrogens with zero attached hydrogens (tertiary/aromatic N) is 7. The largest absolute Gasteiger partial charge is 0.478 e. The summed E-state index contributed by atoms with van der Waals surface area (Å²) in [5.74, 6) is -4.12. The molecule has 4 N–H and O–H groups in total. The lowest BCUT2D eigenvalue weighted by atomic mass is 9.86. The van der Waals surface area contributed by atoms with Gasteiger partial charge in [-0.15, -0.1) is 0 Å². The maximum Gasteiger partial charge on any atom is 0.342 e. The molecule has 0 radical (unpaired) electrons. The molecule has 0 bridgehead atoms. The zero-order valence-electron chi connectivity index (χ0n) is 50.7. The maximum atomic E-state index is 13.3. The van der Waals surface area contributed by atoms with Gasteiger partial charge in [-0.3, -0.25) is 29.5 Å². The van der Waals surface area contributed by atoms with E-state index < -0.39 is 23.5 Å². The fourth-order valence-electron chi connectivity index (χ4n) is 10.6. The number of amides is 1. The van der Waals surface area contributed by atoms with Gasteiger partial charge in [-0.1, -0.05) is 48.5 Å². The first-order chi connectivity index (χ1) is 44.7. The second-order valence-corrected chi connectivity index (χ2v) is 23.0. The maximum absolute atomic E-state index is 13.3. The topological polar surface area (TPSA) is 238 Å². The number of H-pyrrole nitrogens is 1. The molecule has 8 heterocycles. The van der Waals surface area contributed by atoms with Crippen LogP contribution in [0.4, 0.5) is 17.6 Å². The third kappa shape index (κ3) is 16.6. The van der Waals surface area contributed by atoms with Gasteiger partial charge in [0.1, 0.15) is 74.2 Å². The standard InChI is InChI=1S/C26H30FN3O3.C22H16F2N2O2.C15H11FN2O2.C8H6N2O2/c1-26(2,3)33-25(32)18-8-12-20(13-9-18)29-24(31)21-16-30(22-5-4-14-28-23(21)22)15-17-6-10-19(27)11-7-17;23-17-7-3-15(4-8-17)12-26-13-19(21-20(26)2-1-11-25-21)22(27)28-14-16-5-9-18(24)10-6-16;16-11-5-3-10(4-6-11)8-18-9-12(15(19)20)14-13(18)2-1-7-17-14;11-8(12)5-4-10-6-2-1-3-9-7(5)6/h4-7,10-11,14,16,18,20H,8-9,12-13,15H2,1-3H3,(H,29,31);1-11,13H,12,14H2;1-7,9H,8H2,(H,19,20);1-4,10H,(H,11,12). The van der Waals surface area contributed by atoms with Gasteiger partial charge < -0.3 is 43.7 Å². The molecule has 1 aliphatic carbocycles. The summed E-state index contributed by atoms with van der Waals surface area (Å²) in [7, 11) is 0. The number of carbonyl (C=O) groups is 5. The van der Waals surface area contributed by atoms with Crippen LogP contribution in [0.3, 0.4) is 0 Å². The van der Waals surface area contributed by atoms with Crippen LogP contribution in [0.2, 0.25) is 0 Å². The molecule has 0 unspecified atom stereocenters. The van der Waals surface area contributed by atoms with E-state index in [2.05, 4.69) is 30.2 Å². The Morgan fingerprint density at radius 1 is 0.505 bits per heavy atom. The summed E-state index contributed by atoms with van der Waals surface area (Å²) in [6.45, 7) is 7.10. The van der Waals surface area contributed by atoms with Crippen molar-refractivity contribution in [1.82, 2.24) is 43.9 Å². The van der Waals surface area contributed by atoms with Gasteiger partial charge in [-0.2, -0.15) is 0 Å². The highest BCUT2D eigenvalue weighted by Crippen LogP contribution is 2.29. The van der Waals surface area contributed by atoms with E-state index in [0.29, 0.717) is 71.2 Å². The first kappa shape index (κ1) is 64.7. The van der Waals surface area contributed by atoms with Gasteiger partial charge in [0.05, 0.1) is 33.5 Å². The summed E-state index contributed by atoms with van der Waals surface area (Å²) in [4.78, 5) is 79.6. The Balaban J connectivity index is 0.000000143.